The van der Waals surface area contributed by atoms with Crippen molar-refractivity contribution in [2.24, 2.45) is 0 Å². The van der Waals surface area contributed by atoms with Gasteiger partial charge in [-0.25, -0.2) is 12.8 Å². The van der Waals surface area contributed by atoms with E-state index in [-0.39, 0.29) is 4.90 Å². The van der Waals surface area contributed by atoms with Gasteiger partial charge in [0.2, 0.25) is 0 Å². The van der Waals surface area contributed by atoms with E-state index in [1.165, 1.54) is 30.6 Å². The molecule has 3 aromatic rings. The summed E-state index contributed by atoms with van der Waals surface area (Å²) >= 11 is 1.42. The number of hydrogen-bond acceptors (Lipinski definition) is 6. The maximum absolute atomic E-state index is 14.8. The Labute approximate surface area is 198 Å². The zero-order chi connectivity index (χ0) is 23.8. The molecule has 0 radical (unpaired) electrons. The molecule has 2 unspecified atom stereocenters. The summed E-state index contributed by atoms with van der Waals surface area (Å²) in [5.41, 5.74) is 2.62. The van der Waals surface area contributed by atoms with Crippen molar-refractivity contribution >= 4 is 32.7 Å². The number of methoxy groups -OCH3 is 1. The quantitative estimate of drug-likeness (QED) is 0.518. The maximum Gasteiger partial charge on any atom is 0.262 e. The highest BCUT2D eigenvalue weighted by molar-refractivity contribution is 7.92. The molecular formula is C24H28FN3O3S2. The normalized spacial score (nSPS) is 18.9. The predicted molar refractivity (Wildman–Crippen MR) is 133 cm³/mol. The van der Waals surface area contributed by atoms with Crippen molar-refractivity contribution in [1.82, 2.24) is 5.32 Å². The van der Waals surface area contributed by atoms with Crippen molar-refractivity contribution < 1.29 is 17.5 Å². The minimum absolute atomic E-state index is 0.145. The summed E-state index contributed by atoms with van der Waals surface area (Å²) in [5, 5.41) is 5.42. The number of hydrogen-bond donors (Lipinski definition) is 2. The number of nitrogens with zero attached hydrogens (tertiary/aromatic N) is 1. The second-order valence-corrected chi connectivity index (χ2v) is 11.1. The highest BCUT2D eigenvalue weighted by Crippen LogP contribution is 2.34. The van der Waals surface area contributed by atoms with Crippen molar-refractivity contribution in [3.8, 4) is 16.2 Å². The van der Waals surface area contributed by atoms with Crippen LogP contribution in [0.2, 0.25) is 0 Å². The summed E-state index contributed by atoms with van der Waals surface area (Å²) < 4.78 is 49.0. The van der Waals surface area contributed by atoms with Crippen LogP contribution in [0.4, 0.5) is 15.8 Å². The van der Waals surface area contributed by atoms with Crippen molar-refractivity contribution in [2.45, 2.75) is 37.8 Å². The first kappa shape index (κ1) is 23.5. The van der Waals surface area contributed by atoms with Crippen LogP contribution in [0.5, 0.6) is 5.75 Å². The lowest BCUT2D eigenvalue weighted by atomic mass is 10.1. The molecule has 2 N–H and O–H groups in total. The Morgan fingerprint density at radius 2 is 1.85 bits per heavy atom. The number of sulfonamides is 1. The van der Waals surface area contributed by atoms with E-state index >= 15 is 0 Å². The van der Waals surface area contributed by atoms with Gasteiger partial charge in [0.1, 0.15) is 11.6 Å². The molecule has 9 heteroatoms. The molecule has 176 valence electrons. The maximum atomic E-state index is 14.8. The zero-order valence-corrected chi connectivity index (χ0v) is 20.7. The number of piperazine rings is 1. The van der Waals surface area contributed by atoms with E-state index in [0.717, 1.165) is 35.3 Å². The average molecular weight is 490 g/mol. The van der Waals surface area contributed by atoms with E-state index in [1.54, 1.807) is 12.1 Å². The fourth-order valence-electron chi connectivity index (χ4n) is 4.15. The van der Waals surface area contributed by atoms with Crippen LogP contribution in [-0.2, 0) is 10.0 Å². The molecule has 33 heavy (non-hydrogen) atoms. The number of aryl methyl sites for hydroxylation is 1. The summed E-state index contributed by atoms with van der Waals surface area (Å²) in [6.45, 7) is 7.77. The van der Waals surface area contributed by atoms with Crippen molar-refractivity contribution in [3.63, 3.8) is 0 Å². The molecule has 2 aromatic carbocycles. The number of halogens is 1. The third-order valence-corrected chi connectivity index (χ3v) is 8.04. The molecular weight excluding hydrogens is 461 g/mol. The lowest BCUT2D eigenvalue weighted by Gasteiger charge is -2.38. The summed E-state index contributed by atoms with van der Waals surface area (Å²) in [7, 11) is -2.54. The molecule has 2 heterocycles. The van der Waals surface area contributed by atoms with Gasteiger partial charge in [0.15, 0.2) is 0 Å². The van der Waals surface area contributed by atoms with Gasteiger partial charge in [0.05, 0.1) is 17.7 Å². The first-order valence-corrected chi connectivity index (χ1v) is 13.1. The molecule has 1 fully saturated rings. The molecule has 1 aromatic heterocycles. The molecule has 6 nitrogen and oxygen atoms in total. The number of anilines is 2. The molecule has 0 saturated carbocycles. The first-order valence-electron chi connectivity index (χ1n) is 10.7. The summed E-state index contributed by atoms with van der Waals surface area (Å²) in [4.78, 5) is 2.82. The molecule has 1 aliphatic rings. The molecule has 1 saturated heterocycles. The smallest absolute Gasteiger partial charge is 0.262 e. The molecule has 0 amide bonds. The van der Waals surface area contributed by atoms with Crippen LogP contribution in [0.3, 0.4) is 0 Å². The van der Waals surface area contributed by atoms with Gasteiger partial charge in [-0.1, -0.05) is 0 Å². The highest BCUT2D eigenvalue weighted by Gasteiger charge is 2.24. The second kappa shape index (κ2) is 9.32. The fraction of sp³-hybridized carbons (Fsp3) is 0.333. The Morgan fingerprint density at radius 3 is 2.45 bits per heavy atom. The molecule has 1 aliphatic heterocycles. The van der Waals surface area contributed by atoms with Crippen LogP contribution < -0.4 is 19.7 Å². The molecule has 0 spiro atoms. The van der Waals surface area contributed by atoms with Crippen molar-refractivity contribution in [1.29, 1.82) is 0 Å². The molecule has 0 bridgehead atoms. The van der Waals surface area contributed by atoms with Crippen LogP contribution in [-0.4, -0.2) is 40.7 Å². The molecule has 2 atom stereocenters. The Balaban J connectivity index is 1.63. The van der Waals surface area contributed by atoms with Crippen LogP contribution in [0, 0.1) is 12.7 Å². The van der Waals surface area contributed by atoms with E-state index in [9.17, 15) is 12.8 Å². The van der Waals surface area contributed by atoms with Gasteiger partial charge >= 0.3 is 0 Å². The van der Waals surface area contributed by atoms with E-state index in [0.29, 0.717) is 29.1 Å². The standard InChI is InChI=1S/C24H28FN3O3S2/c1-15-9-24(32-14-15)20-7-6-19(11-21(20)25)33(29,30)27-22-10-18(5-8-23(22)31-4)28-12-16(2)26-17(3)13-28/h5-11,14,16-17,26-27H,12-13H2,1-4H3. The Bertz CT molecular complexity index is 1250. The van der Waals surface area contributed by atoms with Gasteiger partial charge in [-0.2, -0.15) is 0 Å². The Hall–Kier alpha value is -2.62. The summed E-state index contributed by atoms with van der Waals surface area (Å²) in [6, 6.07) is 11.9. The third-order valence-electron chi connectivity index (χ3n) is 5.60. The first-order chi connectivity index (χ1) is 15.7. The van der Waals surface area contributed by atoms with E-state index in [1.807, 2.05) is 24.4 Å². The van der Waals surface area contributed by atoms with Gasteiger partial charge in [0.25, 0.3) is 10.0 Å². The number of rotatable bonds is 6. The van der Waals surface area contributed by atoms with Crippen LogP contribution in [0.15, 0.2) is 52.7 Å². The Kier molecular flexibility index (Phi) is 6.65. The third kappa shape index (κ3) is 5.15. The monoisotopic (exact) mass is 489 g/mol. The topological polar surface area (TPSA) is 70.7 Å². The van der Waals surface area contributed by atoms with Gasteiger partial charge < -0.3 is 15.0 Å². The van der Waals surface area contributed by atoms with Gasteiger partial charge in [-0.3, -0.25) is 4.72 Å². The van der Waals surface area contributed by atoms with Crippen molar-refractivity contribution in [2.75, 3.05) is 29.8 Å². The van der Waals surface area contributed by atoms with Crippen LogP contribution in [0.1, 0.15) is 19.4 Å². The van der Waals surface area contributed by atoms with Gasteiger partial charge in [0, 0.05) is 41.3 Å². The summed E-state index contributed by atoms with van der Waals surface area (Å²) in [5.74, 6) is -0.186. The van der Waals surface area contributed by atoms with Gasteiger partial charge in [-0.15, -0.1) is 11.3 Å². The van der Waals surface area contributed by atoms with Crippen LogP contribution in [0.25, 0.3) is 10.4 Å². The predicted octanol–water partition coefficient (Wildman–Crippen LogP) is 4.86. The second-order valence-electron chi connectivity index (χ2n) is 8.49. The lowest BCUT2D eigenvalue weighted by molar-refractivity contribution is 0.406. The minimum Gasteiger partial charge on any atom is -0.495 e. The zero-order valence-electron chi connectivity index (χ0n) is 19.1. The summed E-state index contributed by atoms with van der Waals surface area (Å²) in [6.07, 6.45) is 0. The highest BCUT2D eigenvalue weighted by atomic mass is 32.2. The number of benzene rings is 2. The molecule has 0 aliphatic carbocycles. The van der Waals surface area contributed by atoms with Crippen molar-refractivity contribution in [3.05, 3.63) is 59.2 Å². The number of nitrogens with one attached hydrogen (secondary N) is 2. The minimum atomic E-state index is -4.03. The lowest BCUT2D eigenvalue weighted by Crippen LogP contribution is -2.54. The van der Waals surface area contributed by atoms with Gasteiger partial charge in [-0.05, 0) is 74.2 Å². The number of thiophene rings is 1. The molecule has 4 rings (SSSR count). The van der Waals surface area contributed by atoms with Crippen LogP contribution >= 0.6 is 11.3 Å². The average Bonchev–Trinajstić information content (AvgIpc) is 3.18. The van der Waals surface area contributed by atoms with E-state index in [4.69, 9.17) is 4.74 Å². The fourth-order valence-corrected chi connectivity index (χ4v) is 6.15. The number of ether oxygens (including phenoxy) is 1. The van der Waals surface area contributed by atoms with E-state index < -0.39 is 15.8 Å². The largest absolute Gasteiger partial charge is 0.495 e. The van der Waals surface area contributed by atoms with E-state index in [2.05, 4.69) is 28.8 Å². The Morgan fingerprint density at radius 1 is 1.12 bits per heavy atom. The SMILES string of the molecule is COc1ccc(N2CC(C)NC(C)C2)cc1NS(=O)(=O)c1ccc(-c2cc(C)cs2)c(F)c1.